The molecule has 2 aromatic rings. The topological polar surface area (TPSA) is 73.2 Å². The average Bonchev–Trinajstić information content (AvgIpc) is 2.93. The van der Waals surface area contributed by atoms with E-state index in [2.05, 4.69) is 15.2 Å². The first-order chi connectivity index (χ1) is 10.2. The van der Waals surface area contributed by atoms with Crippen LogP contribution in [0.25, 0.3) is 6.08 Å². The molecular formula is C15H15N3O3. The van der Waals surface area contributed by atoms with Crippen LogP contribution in [0.15, 0.2) is 48.7 Å². The van der Waals surface area contributed by atoms with Gasteiger partial charge in [-0.2, -0.15) is 5.10 Å². The number of nitrogens with zero attached hydrogens (tertiary/aromatic N) is 2. The first kappa shape index (κ1) is 14.5. The number of hydrogen-bond donors (Lipinski definition) is 1. The van der Waals surface area contributed by atoms with E-state index in [4.69, 9.17) is 0 Å². The molecule has 1 N–H and O–H groups in total. The van der Waals surface area contributed by atoms with E-state index in [9.17, 15) is 9.59 Å². The van der Waals surface area contributed by atoms with Crippen LogP contribution in [0.1, 0.15) is 5.56 Å². The molecule has 6 nitrogen and oxygen atoms in total. The Hall–Kier alpha value is -2.89. The summed E-state index contributed by atoms with van der Waals surface area (Å²) in [4.78, 5) is 22.8. The smallest absolute Gasteiger partial charge is 0.327 e. The molecule has 21 heavy (non-hydrogen) atoms. The standard InChI is InChI=1S/C15H15N3O3/c1-21-15(20)11-18-10-9-13(17-18)16-14(19)8-7-12-5-3-2-4-6-12/h2-10H,11H2,1H3,(H,16,17,19). The molecule has 108 valence electrons. The summed E-state index contributed by atoms with van der Waals surface area (Å²) in [5, 5.41) is 6.66. The van der Waals surface area contributed by atoms with E-state index < -0.39 is 5.97 Å². The number of aromatic nitrogens is 2. The Labute approximate surface area is 122 Å². The molecule has 0 fully saturated rings. The van der Waals surface area contributed by atoms with Crippen LogP contribution in [-0.2, 0) is 20.9 Å². The van der Waals surface area contributed by atoms with E-state index in [1.165, 1.54) is 17.9 Å². The van der Waals surface area contributed by atoms with Crippen molar-refractivity contribution in [3.05, 3.63) is 54.2 Å². The van der Waals surface area contributed by atoms with Crippen LogP contribution >= 0.6 is 0 Å². The highest BCUT2D eigenvalue weighted by Crippen LogP contribution is 2.04. The van der Waals surface area contributed by atoms with Gasteiger partial charge >= 0.3 is 5.97 Å². The molecule has 1 aromatic heterocycles. The molecule has 0 aliphatic rings. The van der Waals surface area contributed by atoms with Crippen molar-refractivity contribution < 1.29 is 14.3 Å². The van der Waals surface area contributed by atoms with Crippen LogP contribution in [0.2, 0.25) is 0 Å². The molecule has 0 bridgehead atoms. The van der Waals surface area contributed by atoms with E-state index >= 15 is 0 Å². The molecule has 0 aliphatic carbocycles. The van der Waals surface area contributed by atoms with E-state index in [1.54, 1.807) is 18.3 Å². The Morgan fingerprint density at radius 3 is 2.76 bits per heavy atom. The van der Waals surface area contributed by atoms with E-state index in [-0.39, 0.29) is 12.5 Å². The Bertz CT molecular complexity index is 647. The lowest BCUT2D eigenvalue weighted by molar-refractivity contribution is -0.141. The second-order valence-corrected chi connectivity index (χ2v) is 4.21. The van der Waals surface area contributed by atoms with Gasteiger partial charge in [0.25, 0.3) is 0 Å². The van der Waals surface area contributed by atoms with Crippen molar-refractivity contribution in [2.75, 3.05) is 12.4 Å². The third-order valence-corrected chi connectivity index (χ3v) is 2.64. The fourth-order valence-electron chi connectivity index (χ4n) is 1.62. The van der Waals surface area contributed by atoms with Crippen LogP contribution in [-0.4, -0.2) is 28.8 Å². The highest BCUT2D eigenvalue weighted by Gasteiger charge is 2.05. The van der Waals surface area contributed by atoms with Gasteiger partial charge in [-0.15, -0.1) is 0 Å². The van der Waals surface area contributed by atoms with Crippen molar-refractivity contribution in [2.24, 2.45) is 0 Å². The number of benzene rings is 1. The molecule has 1 aromatic carbocycles. The average molecular weight is 285 g/mol. The summed E-state index contributed by atoms with van der Waals surface area (Å²) in [6.07, 6.45) is 4.73. The lowest BCUT2D eigenvalue weighted by Gasteiger charge is -1.99. The minimum Gasteiger partial charge on any atom is -0.468 e. The van der Waals surface area contributed by atoms with Gasteiger partial charge in [0.15, 0.2) is 5.82 Å². The lowest BCUT2D eigenvalue weighted by Crippen LogP contribution is -2.13. The Morgan fingerprint density at radius 1 is 1.29 bits per heavy atom. The predicted octanol–water partition coefficient (Wildman–Crippen LogP) is 1.71. The van der Waals surface area contributed by atoms with Crippen molar-refractivity contribution >= 4 is 23.8 Å². The molecule has 1 heterocycles. The van der Waals surface area contributed by atoms with E-state index in [0.29, 0.717) is 5.82 Å². The lowest BCUT2D eigenvalue weighted by atomic mass is 10.2. The van der Waals surface area contributed by atoms with Crippen molar-refractivity contribution in [2.45, 2.75) is 6.54 Å². The van der Waals surface area contributed by atoms with Crippen LogP contribution in [0, 0.1) is 0 Å². The van der Waals surface area contributed by atoms with E-state index in [0.717, 1.165) is 5.56 Å². The van der Waals surface area contributed by atoms with Gasteiger partial charge in [-0.1, -0.05) is 30.3 Å². The van der Waals surface area contributed by atoms with Gasteiger partial charge in [0.05, 0.1) is 7.11 Å². The summed E-state index contributed by atoms with van der Waals surface area (Å²) in [6.45, 7) is 0.00618. The summed E-state index contributed by atoms with van der Waals surface area (Å²) in [7, 11) is 1.31. The molecule has 0 atom stereocenters. The maximum absolute atomic E-state index is 11.7. The molecule has 0 saturated heterocycles. The first-order valence-electron chi connectivity index (χ1n) is 6.32. The van der Waals surface area contributed by atoms with Gasteiger partial charge < -0.3 is 10.1 Å². The van der Waals surface area contributed by atoms with Gasteiger partial charge in [-0.25, -0.2) is 0 Å². The number of anilines is 1. The minimum atomic E-state index is -0.403. The number of esters is 1. The number of hydrogen-bond acceptors (Lipinski definition) is 4. The summed E-state index contributed by atoms with van der Waals surface area (Å²) < 4.78 is 5.92. The Morgan fingerprint density at radius 2 is 2.05 bits per heavy atom. The van der Waals surface area contributed by atoms with Crippen molar-refractivity contribution in [1.82, 2.24) is 9.78 Å². The molecule has 2 rings (SSSR count). The second kappa shape index (κ2) is 7.04. The minimum absolute atomic E-state index is 0.00618. The molecule has 1 amide bonds. The Kier molecular flexibility index (Phi) is 4.87. The molecular weight excluding hydrogens is 270 g/mol. The van der Waals surface area contributed by atoms with Crippen molar-refractivity contribution in [3.63, 3.8) is 0 Å². The van der Waals surface area contributed by atoms with Crippen molar-refractivity contribution in [3.8, 4) is 0 Å². The van der Waals surface area contributed by atoms with Gasteiger partial charge in [0.1, 0.15) is 6.54 Å². The highest BCUT2D eigenvalue weighted by atomic mass is 16.5. The number of amides is 1. The van der Waals surface area contributed by atoms with Gasteiger partial charge in [-0.05, 0) is 11.6 Å². The summed E-state index contributed by atoms with van der Waals surface area (Å²) in [5.41, 5.74) is 0.934. The fourth-order valence-corrected chi connectivity index (χ4v) is 1.62. The normalized spacial score (nSPS) is 10.5. The SMILES string of the molecule is COC(=O)Cn1ccc(NC(=O)C=Cc2ccccc2)n1. The molecule has 0 spiro atoms. The second-order valence-electron chi connectivity index (χ2n) is 4.21. The maximum atomic E-state index is 11.7. The zero-order chi connectivity index (χ0) is 15.1. The van der Waals surface area contributed by atoms with Gasteiger partial charge in [0.2, 0.25) is 5.91 Å². The molecule has 0 unspecified atom stereocenters. The first-order valence-corrected chi connectivity index (χ1v) is 6.32. The largest absolute Gasteiger partial charge is 0.468 e. The number of ether oxygens (including phenoxy) is 1. The molecule has 0 aliphatic heterocycles. The summed E-state index contributed by atoms with van der Waals surface area (Å²) in [5.74, 6) is -0.316. The molecule has 0 radical (unpaired) electrons. The zero-order valence-electron chi connectivity index (χ0n) is 11.5. The van der Waals surface area contributed by atoms with Crippen LogP contribution in [0.5, 0.6) is 0 Å². The fraction of sp³-hybridized carbons (Fsp3) is 0.133. The zero-order valence-corrected chi connectivity index (χ0v) is 11.5. The molecule has 6 heteroatoms. The van der Waals surface area contributed by atoms with E-state index in [1.807, 2.05) is 30.3 Å². The quantitative estimate of drug-likeness (QED) is 0.670. The van der Waals surface area contributed by atoms with Gasteiger partial charge in [0, 0.05) is 18.3 Å². The third-order valence-electron chi connectivity index (χ3n) is 2.64. The number of methoxy groups -OCH3 is 1. The van der Waals surface area contributed by atoms with Crippen LogP contribution in [0.3, 0.4) is 0 Å². The van der Waals surface area contributed by atoms with Crippen LogP contribution < -0.4 is 5.32 Å². The number of nitrogens with one attached hydrogen (secondary N) is 1. The Balaban J connectivity index is 1.91. The number of carbonyl (C=O) groups excluding carboxylic acids is 2. The molecule has 0 saturated carbocycles. The van der Waals surface area contributed by atoms with Crippen LogP contribution in [0.4, 0.5) is 5.82 Å². The number of carbonyl (C=O) groups is 2. The maximum Gasteiger partial charge on any atom is 0.327 e. The highest BCUT2D eigenvalue weighted by molar-refractivity contribution is 6.01. The predicted molar refractivity (Wildman–Crippen MR) is 78.3 cm³/mol. The van der Waals surface area contributed by atoms with Gasteiger partial charge in [-0.3, -0.25) is 14.3 Å². The van der Waals surface area contributed by atoms with Crippen molar-refractivity contribution in [1.29, 1.82) is 0 Å². The monoisotopic (exact) mass is 285 g/mol. The summed E-state index contributed by atoms with van der Waals surface area (Å²) >= 11 is 0. The number of rotatable bonds is 5. The third kappa shape index (κ3) is 4.61. The summed E-state index contributed by atoms with van der Waals surface area (Å²) in [6, 6.07) is 11.1.